The number of hydrogen-bond acceptors (Lipinski definition) is 4. The molecule has 3 rings (SSSR count). The van der Waals surface area contributed by atoms with E-state index in [1.807, 2.05) is 0 Å². The average Bonchev–Trinajstić information content (AvgIpc) is 2.99. The zero-order chi connectivity index (χ0) is 24.2. The number of nitrogens with zero attached hydrogens (tertiary/aromatic N) is 5. The molecule has 0 bridgehead atoms. The van der Waals surface area contributed by atoms with Crippen LogP contribution in [-0.2, 0) is 4.79 Å². The average molecular weight is 334 g/mol. The third kappa shape index (κ3) is 2.92. The summed E-state index contributed by atoms with van der Waals surface area (Å²) in [5.74, 6) is -3.11. The molecule has 7 heteroatoms. The van der Waals surface area contributed by atoms with Crippen LogP contribution in [0.1, 0.15) is 29.9 Å². The van der Waals surface area contributed by atoms with Gasteiger partial charge < -0.3 is 19.6 Å². The molecule has 0 aliphatic carbocycles. The number of hydrogen-bond donors (Lipinski definition) is 1. The molecule has 1 amide bonds. The van der Waals surface area contributed by atoms with E-state index in [9.17, 15) is 4.79 Å². The smallest absolute Gasteiger partial charge is 0.302 e. The van der Waals surface area contributed by atoms with Crippen LogP contribution in [0.5, 0.6) is 0 Å². The zero-order valence-corrected chi connectivity index (χ0v) is 13.3. The lowest BCUT2D eigenvalue weighted by Gasteiger charge is -2.41. The molecule has 3 heterocycles. The van der Waals surface area contributed by atoms with Crippen molar-refractivity contribution in [1.82, 2.24) is 19.9 Å². The van der Waals surface area contributed by atoms with E-state index in [0.717, 1.165) is 4.90 Å². The first kappa shape index (κ1) is 9.02. The second-order valence-electron chi connectivity index (χ2n) is 5.62. The number of likely N-dealkylation sites (tertiary alicyclic amines) is 1. The van der Waals surface area contributed by atoms with E-state index in [1.54, 1.807) is 6.92 Å². The molecule has 0 spiro atoms. The minimum Gasteiger partial charge on any atom is -0.354 e. The van der Waals surface area contributed by atoms with Gasteiger partial charge in [0.2, 0.25) is 0 Å². The van der Waals surface area contributed by atoms with Crippen LogP contribution in [0.25, 0.3) is 15.9 Å². The summed E-state index contributed by atoms with van der Waals surface area (Å²) in [6.07, 6.45) is -0.668. The number of H-pyrrole nitrogens is 1. The van der Waals surface area contributed by atoms with Gasteiger partial charge in [0, 0.05) is 31.3 Å². The number of amides is 1. The van der Waals surface area contributed by atoms with Crippen LogP contribution in [-0.4, -0.2) is 58.4 Å². The summed E-state index contributed by atoms with van der Waals surface area (Å²) in [5, 5.41) is 0.244. The van der Waals surface area contributed by atoms with Gasteiger partial charge in [-0.1, -0.05) is 6.85 Å². The number of nitrogens with one attached hydrogen (secondary N) is 1. The Bertz CT molecular complexity index is 1110. The van der Waals surface area contributed by atoms with Gasteiger partial charge in [0.1, 0.15) is 21.9 Å². The minimum atomic E-state index is -2.81. The summed E-state index contributed by atoms with van der Waals surface area (Å²) < 4.78 is 64.2. The Hall–Kier alpha value is -2.62. The van der Waals surface area contributed by atoms with Crippen LogP contribution < -0.4 is 4.90 Å². The fraction of sp³-hybridized carbons (Fsp3) is 0.529. The van der Waals surface area contributed by atoms with Crippen molar-refractivity contribution in [3.8, 4) is 0 Å². The maximum atomic E-state index is 12.6. The highest BCUT2D eigenvalue weighted by Gasteiger charge is 2.33. The van der Waals surface area contributed by atoms with Crippen molar-refractivity contribution in [3.05, 3.63) is 29.5 Å². The molecule has 126 valence electrons. The van der Waals surface area contributed by atoms with Crippen molar-refractivity contribution >= 4 is 22.8 Å². The Kier molecular flexibility index (Phi) is 2.43. The molecule has 1 saturated heterocycles. The Morgan fingerprint density at radius 2 is 2.58 bits per heavy atom. The molecule has 0 radical (unpaired) electrons. The lowest BCUT2D eigenvalue weighted by Crippen LogP contribution is -2.53. The molecule has 2 aromatic rings. The van der Waals surface area contributed by atoms with Gasteiger partial charge in [0.25, 0.3) is 6.50 Å². The first-order valence-corrected chi connectivity index (χ1v) is 7.38. The van der Waals surface area contributed by atoms with Crippen LogP contribution in [0.3, 0.4) is 0 Å². The second kappa shape index (κ2) is 6.48. The summed E-state index contributed by atoms with van der Waals surface area (Å²) in [6, 6.07) is -1.14. The lowest BCUT2D eigenvalue weighted by molar-refractivity contribution is -0.130. The van der Waals surface area contributed by atoms with Gasteiger partial charge in [-0.3, -0.25) is 4.79 Å². The van der Waals surface area contributed by atoms with Crippen molar-refractivity contribution in [2.45, 2.75) is 26.2 Å². The van der Waals surface area contributed by atoms with Crippen LogP contribution in [0.15, 0.2) is 12.3 Å². The van der Waals surface area contributed by atoms with E-state index in [1.165, 1.54) is 11.9 Å². The van der Waals surface area contributed by atoms with E-state index >= 15 is 0 Å². The fourth-order valence-corrected chi connectivity index (χ4v) is 2.84. The molecular formula is C17H22N6O. The maximum absolute atomic E-state index is 12.6. The molecule has 1 N–H and O–H groups in total. The predicted octanol–water partition coefficient (Wildman–Crippen LogP) is 1.86. The van der Waals surface area contributed by atoms with Crippen molar-refractivity contribution in [2.24, 2.45) is 5.89 Å². The molecule has 2 aromatic heterocycles. The summed E-state index contributed by atoms with van der Waals surface area (Å²) in [4.78, 5) is 28.6. The molecule has 1 aliphatic heterocycles. The number of rotatable bonds is 3. The van der Waals surface area contributed by atoms with Crippen LogP contribution in [0, 0.1) is 19.4 Å². The highest BCUT2D eigenvalue weighted by molar-refractivity contribution is 5.88. The van der Waals surface area contributed by atoms with Crippen LogP contribution in [0.2, 0.25) is 0 Å². The van der Waals surface area contributed by atoms with Gasteiger partial charge >= 0.3 is 5.91 Å². The molecule has 0 saturated carbocycles. The normalized spacial score (nSPS) is 29.9. The van der Waals surface area contributed by atoms with Crippen LogP contribution >= 0.6 is 0 Å². The lowest BCUT2D eigenvalue weighted by atomic mass is 9.92. The van der Waals surface area contributed by atoms with Gasteiger partial charge in [-0.15, -0.1) is 0 Å². The number of carbonyl (C=O) groups is 1. The summed E-state index contributed by atoms with van der Waals surface area (Å²) in [7, 11) is 1.46. The van der Waals surface area contributed by atoms with E-state index < -0.39 is 31.2 Å². The van der Waals surface area contributed by atoms with Gasteiger partial charge in [0.05, 0.1) is 12.8 Å². The monoisotopic (exact) mass is 334 g/mol. The fourth-order valence-electron chi connectivity index (χ4n) is 2.84. The molecule has 0 aromatic carbocycles. The molecule has 24 heavy (non-hydrogen) atoms. The number of aryl methyl sites for hydroxylation is 1. The molecule has 0 unspecified atom stereocenters. The topological polar surface area (TPSA) is 69.5 Å². The summed E-state index contributed by atoms with van der Waals surface area (Å²) >= 11 is 0. The number of aromatic nitrogens is 3. The zero-order valence-electron chi connectivity index (χ0n) is 21.3. The van der Waals surface area contributed by atoms with Crippen LogP contribution in [0.4, 0.5) is 5.82 Å². The highest BCUT2D eigenvalue weighted by atomic mass is 16.2. The quantitative estimate of drug-likeness (QED) is 0.870. The number of piperidine rings is 1. The number of fused-ring (bicyclic) bond motifs is 1. The Morgan fingerprint density at radius 1 is 1.75 bits per heavy atom. The first-order chi connectivity index (χ1) is 14.6. The maximum Gasteiger partial charge on any atom is 0.302 e. The van der Waals surface area contributed by atoms with E-state index in [0.29, 0.717) is 5.69 Å². The Balaban J connectivity index is 2.13. The largest absolute Gasteiger partial charge is 0.354 e. The summed E-state index contributed by atoms with van der Waals surface area (Å²) in [6.45, 7) is 2.47. The SMILES string of the molecule is [2H]c1nc(N(C)[C@H]2CN(C(=O)C([2H])([2H])[N+]#[C-])CC[C@@]2([2H])C([2H])([2H])[2H])c2c([2H])c(C)[nH]c2n1. The van der Waals surface area contributed by atoms with E-state index in [4.69, 9.17) is 17.5 Å². The number of anilines is 1. The van der Waals surface area contributed by atoms with Gasteiger partial charge in [-0.25, -0.2) is 16.5 Å². The third-order valence-corrected chi connectivity index (χ3v) is 4.08. The van der Waals surface area contributed by atoms with Gasteiger partial charge in [-0.2, -0.15) is 0 Å². The predicted molar refractivity (Wildman–Crippen MR) is 92.6 cm³/mol. The number of likely N-dealkylation sites (N-methyl/N-ethyl adjacent to an activating group) is 1. The van der Waals surface area contributed by atoms with Crippen molar-refractivity contribution < 1.29 is 15.8 Å². The standard InChI is InChI=1S/C17H22N6O/c1-11-5-6-23(15(24)8-18-3)9-14(11)22(4)17-13-7-12(2)21-16(13)19-10-20-17/h7,10-11,14H,5-6,8-9H2,1-2,4H3,(H,19,20,21)/t11-,14+/m1/s1/i1D3,7D,8D2,10D,11D. The molecule has 7 nitrogen and oxygen atoms in total. The number of carbonyl (C=O) groups excluding carboxylic acids is 1. The van der Waals surface area contributed by atoms with Crippen molar-refractivity contribution in [1.29, 1.82) is 0 Å². The van der Waals surface area contributed by atoms with Crippen molar-refractivity contribution in [3.63, 3.8) is 0 Å². The molecular weight excluding hydrogens is 304 g/mol. The van der Waals surface area contributed by atoms with E-state index in [2.05, 4.69) is 19.8 Å². The van der Waals surface area contributed by atoms with Gasteiger partial charge in [-0.05, 0) is 25.3 Å². The Labute approximate surface area is 152 Å². The second-order valence-corrected chi connectivity index (χ2v) is 5.62. The summed E-state index contributed by atoms with van der Waals surface area (Å²) in [5.41, 5.74) is 0.681. The third-order valence-electron chi connectivity index (χ3n) is 4.08. The highest BCUT2D eigenvalue weighted by Crippen LogP contribution is 2.29. The van der Waals surface area contributed by atoms with Gasteiger partial charge in [0.15, 0.2) is 0 Å². The van der Waals surface area contributed by atoms with E-state index in [-0.39, 0.29) is 48.7 Å². The molecule has 1 fully saturated rings. The molecule has 1 aliphatic rings. The number of aromatic amines is 1. The molecule has 2 atom stereocenters. The first-order valence-electron chi connectivity index (χ1n) is 11.4. The minimum absolute atomic E-state index is 0.0550. The Morgan fingerprint density at radius 3 is 3.33 bits per heavy atom. The van der Waals surface area contributed by atoms with Crippen molar-refractivity contribution in [2.75, 3.05) is 31.5 Å².